The summed E-state index contributed by atoms with van der Waals surface area (Å²) in [6, 6.07) is 1.02. The van der Waals surface area contributed by atoms with E-state index in [1.54, 1.807) is 0 Å². The number of hydrogen-bond donors (Lipinski definition) is 0. The average molecular weight is 493 g/mol. The molecule has 0 radical (unpaired) electrons. The fourth-order valence-electron chi connectivity index (χ4n) is 3.49. The molecule has 0 aliphatic carbocycles. The molecule has 0 aromatic rings. The number of hydrogen-bond acceptors (Lipinski definition) is 4. The van der Waals surface area contributed by atoms with E-state index in [9.17, 15) is 0 Å². The molecule has 27 heavy (non-hydrogen) atoms. The molecule has 0 aromatic carbocycles. The Hall–Kier alpha value is 0.639. The molecule has 0 aliphatic heterocycles. The zero-order valence-electron chi connectivity index (χ0n) is 19.9. The molecule has 0 heterocycles. The Morgan fingerprint density at radius 3 is 1.26 bits per heavy atom. The van der Waals surface area contributed by atoms with Crippen molar-refractivity contribution in [1.29, 1.82) is 0 Å². The predicted octanol–water partition coefficient (Wildman–Crippen LogP) is 5.52. The first-order valence-electron chi connectivity index (χ1n) is 11.5. The van der Waals surface area contributed by atoms with E-state index in [1.165, 1.54) is 60.2 Å². The van der Waals surface area contributed by atoms with Crippen molar-refractivity contribution in [3.05, 3.63) is 0 Å². The number of likely N-dealkylation sites (N-methyl/N-ethyl adjacent to an activating group) is 2. The number of nitrogens with zero attached hydrogens (tertiary/aromatic N) is 2. The second kappa shape index (κ2) is 16.4. The molecule has 4 nitrogen and oxygen atoms in total. The van der Waals surface area contributed by atoms with Crippen LogP contribution in [0.3, 0.4) is 0 Å². The molecule has 0 saturated carbocycles. The van der Waals surface area contributed by atoms with Crippen molar-refractivity contribution in [1.82, 2.24) is 9.80 Å². The molecule has 0 rings (SSSR count). The zero-order valence-corrected chi connectivity index (χ0v) is 22.7. The summed E-state index contributed by atoms with van der Waals surface area (Å²) in [6.07, 6.45) is 9.78. The van der Waals surface area contributed by atoms with Gasteiger partial charge in [-0.2, -0.15) is 0 Å². The van der Waals surface area contributed by atoms with Crippen molar-refractivity contribution in [2.75, 3.05) is 41.4 Å². The van der Waals surface area contributed by atoms with Gasteiger partial charge in [0, 0.05) is 0 Å². The summed E-state index contributed by atoms with van der Waals surface area (Å²) in [5, 5.41) is 0. The number of unbranched alkanes of at least 4 members (excludes halogenated alkanes) is 2. The molecule has 2 unspecified atom stereocenters. The van der Waals surface area contributed by atoms with Crippen molar-refractivity contribution in [3.8, 4) is 0 Å². The van der Waals surface area contributed by atoms with Crippen LogP contribution in [-0.2, 0) is 6.15 Å². The molecule has 0 aliphatic rings. The summed E-state index contributed by atoms with van der Waals surface area (Å²) in [5.41, 5.74) is 0. The van der Waals surface area contributed by atoms with Crippen molar-refractivity contribution in [2.45, 2.75) is 100 Å². The van der Waals surface area contributed by atoms with Gasteiger partial charge in [-0.15, -0.1) is 0 Å². The van der Waals surface area contributed by atoms with Gasteiger partial charge in [0.15, 0.2) is 0 Å². The second-order valence-corrected chi connectivity index (χ2v) is 18.3. The standard InChI is InChI=1S/2C7H16NO.2C4H9.Sn/c2*1-4-5-7(6-9)8(2)3;2*1-3-4-2;/h2*7H,4-6H2,1-3H3;2*1,3-4H2,2H3;/q2*-1;;;+2. The third-order valence-electron chi connectivity index (χ3n) is 5.60. The van der Waals surface area contributed by atoms with Crippen LogP contribution in [0.5, 0.6) is 0 Å². The van der Waals surface area contributed by atoms with Gasteiger partial charge in [0.1, 0.15) is 0 Å². The van der Waals surface area contributed by atoms with Crippen molar-refractivity contribution in [2.24, 2.45) is 0 Å². The minimum atomic E-state index is -3.06. The predicted molar refractivity (Wildman–Crippen MR) is 122 cm³/mol. The van der Waals surface area contributed by atoms with E-state index in [2.05, 4.69) is 65.7 Å². The molecular weight excluding hydrogens is 443 g/mol. The fraction of sp³-hybridized carbons (Fsp3) is 1.00. The Labute approximate surface area is 176 Å². The van der Waals surface area contributed by atoms with E-state index in [4.69, 9.17) is 6.15 Å². The van der Waals surface area contributed by atoms with E-state index in [-0.39, 0.29) is 0 Å². The van der Waals surface area contributed by atoms with Crippen LogP contribution in [-0.4, -0.2) is 82.5 Å². The number of rotatable bonds is 18. The molecule has 0 amide bonds. The van der Waals surface area contributed by atoms with Crippen LogP contribution in [0.1, 0.15) is 79.1 Å². The van der Waals surface area contributed by atoms with E-state index in [1.807, 2.05) is 0 Å². The maximum absolute atomic E-state index is 6.85. The molecule has 0 aromatic heterocycles. The average Bonchev–Trinajstić information content (AvgIpc) is 2.64. The molecular formula is C22H50N2O2Sn. The summed E-state index contributed by atoms with van der Waals surface area (Å²) >= 11 is -3.06. The summed E-state index contributed by atoms with van der Waals surface area (Å²) in [7, 11) is 8.73. The van der Waals surface area contributed by atoms with E-state index >= 15 is 0 Å². The normalized spacial score (nSPS) is 14.9. The van der Waals surface area contributed by atoms with Gasteiger partial charge in [-0.25, -0.2) is 0 Å². The summed E-state index contributed by atoms with van der Waals surface area (Å²) in [6.45, 7) is 10.8. The van der Waals surface area contributed by atoms with Gasteiger partial charge in [0.25, 0.3) is 0 Å². The van der Waals surface area contributed by atoms with E-state index in [0.717, 1.165) is 13.2 Å². The first-order valence-corrected chi connectivity index (χ1v) is 17.8. The molecule has 0 bridgehead atoms. The van der Waals surface area contributed by atoms with Gasteiger partial charge < -0.3 is 0 Å². The first kappa shape index (κ1) is 27.6. The molecule has 0 N–H and O–H groups in total. The van der Waals surface area contributed by atoms with Crippen LogP contribution >= 0.6 is 0 Å². The SMILES string of the molecule is CCC[CH2][Sn]([CH2]CCC)([O]CC(CCC)N(C)C)[O]CC(CCC)N(C)C. The van der Waals surface area contributed by atoms with Crippen molar-refractivity contribution in [3.63, 3.8) is 0 Å². The van der Waals surface area contributed by atoms with Crippen LogP contribution in [0.2, 0.25) is 8.87 Å². The Morgan fingerprint density at radius 1 is 0.630 bits per heavy atom. The molecule has 164 valence electrons. The Bertz CT molecular complexity index is 308. The van der Waals surface area contributed by atoms with Gasteiger partial charge >= 0.3 is 177 Å². The molecule has 5 heteroatoms. The van der Waals surface area contributed by atoms with Gasteiger partial charge in [-0.05, 0) is 0 Å². The topological polar surface area (TPSA) is 24.9 Å². The third-order valence-corrected chi connectivity index (χ3v) is 15.9. The van der Waals surface area contributed by atoms with E-state index < -0.39 is 19.2 Å². The Kier molecular flexibility index (Phi) is 16.8. The molecule has 0 fully saturated rings. The van der Waals surface area contributed by atoms with Crippen molar-refractivity contribution >= 4 is 19.2 Å². The molecule has 2 atom stereocenters. The molecule has 0 spiro atoms. The van der Waals surface area contributed by atoms with Crippen molar-refractivity contribution < 1.29 is 6.15 Å². The second-order valence-electron chi connectivity index (χ2n) is 8.55. The van der Waals surface area contributed by atoms with Gasteiger partial charge in [0.05, 0.1) is 0 Å². The monoisotopic (exact) mass is 494 g/mol. The first-order chi connectivity index (χ1) is 12.9. The van der Waals surface area contributed by atoms with Crippen LogP contribution < -0.4 is 0 Å². The fourth-order valence-corrected chi connectivity index (χ4v) is 14.0. The molecule has 0 saturated heterocycles. The van der Waals surface area contributed by atoms with Gasteiger partial charge in [-0.3, -0.25) is 0 Å². The van der Waals surface area contributed by atoms with Crippen LogP contribution in [0, 0.1) is 0 Å². The zero-order chi connectivity index (χ0) is 20.7. The minimum absolute atomic E-state index is 0.512. The summed E-state index contributed by atoms with van der Waals surface area (Å²) in [5.74, 6) is 0. The van der Waals surface area contributed by atoms with Crippen LogP contribution in [0.4, 0.5) is 0 Å². The maximum atomic E-state index is 6.85. The van der Waals surface area contributed by atoms with Crippen LogP contribution in [0.25, 0.3) is 0 Å². The quantitative estimate of drug-likeness (QED) is 0.235. The summed E-state index contributed by atoms with van der Waals surface area (Å²) < 4.78 is 16.1. The Balaban J connectivity index is 5.22. The third kappa shape index (κ3) is 12.0. The Morgan fingerprint density at radius 2 is 1.00 bits per heavy atom. The van der Waals surface area contributed by atoms with Gasteiger partial charge in [0.2, 0.25) is 0 Å². The van der Waals surface area contributed by atoms with Crippen LogP contribution in [0.15, 0.2) is 0 Å². The van der Waals surface area contributed by atoms with Gasteiger partial charge in [-0.1, -0.05) is 0 Å². The van der Waals surface area contributed by atoms with E-state index in [0.29, 0.717) is 12.1 Å². The summed E-state index contributed by atoms with van der Waals surface area (Å²) in [4.78, 5) is 4.67.